The first-order chi connectivity index (χ1) is 12.1. The fraction of sp³-hybridized carbons (Fsp3) is 0.526. The lowest BCUT2D eigenvalue weighted by Gasteiger charge is -2.18. The number of nitrogens with zero attached hydrogens (tertiary/aromatic N) is 1. The van der Waals surface area contributed by atoms with Crippen LogP contribution >= 0.6 is 0 Å². The summed E-state index contributed by atoms with van der Waals surface area (Å²) in [5, 5.41) is 2.61. The summed E-state index contributed by atoms with van der Waals surface area (Å²) in [6.07, 6.45) is 2.60. The van der Waals surface area contributed by atoms with Crippen LogP contribution < -0.4 is 16.8 Å². The van der Waals surface area contributed by atoms with Gasteiger partial charge in [-0.25, -0.2) is 0 Å². The zero-order valence-corrected chi connectivity index (χ0v) is 15.4. The Morgan fingerprint density at radius 1 is 1.38 bits per heavy atom. The highest BCUT2D eigenvalue weighted by atomic mass is 19.4. The van der Waals surface area contributed by atoms with Gasteiger partial charge in [-0.2, -0.15) is 13.2 Å². The molecule has 4 nitrogen and oxygen atoms in total. The molecule has 5 N–H and O–H groups in total. The predicted octanol–water partition coefficient (Wildman–Crippen LogP) is 3.31. The predicted molar refractivity (Wildman–Crippen MR) is 100 cm³/mol. The highest BCUT2D eigenvalue weighted by Crippen LogP contribution is 2.19. The van der Waals surface area contributed by atoms with E-state index in [1.807, 2.05) is 13.0 Å². The average molecular weight is 370 g/mol. The van der Waals surface area contributed by atoms with Crippen LogP contribution in [0.5, 0.6) is 0 Å². The molecule has 1 aromatic rings. The van der Waals surface area contributed by atoms with Crippen molar-refractivity contribution in [3.63, 3.8) is 0 Å². The first-order valence-electron chi connectivity index (χ1n) is 8.73. The van der Waals surface area contributed by atoms with Gasteiger partial charge in [0.05, 0.1) is 11.4 Å². The fourth-order valence-corrected chi connectivity index (χ4v) is 2.39. The molecule has 0 aliphatic rings. The summed E-state index contributed by atoms with van der Waals surface area (Å²) in [5.41, 5.74) is 13.4. The van der Waals surface area contributed by atoms with E-state index in [-0.39, 0.29) is 0 Å². The third-order valence-electron chi connectivity index (χ3n) is 4.13. The van der Waals surface area contributed by atoms with Crippen LogP contribution in [0.15, 0.2) is 30.9 Å². The maximum atomic E-state index is 12.4. The van der Waals surface area contributed by atoms with Gasteiger partial charge in [0, 0.05) is 12.2 Å². The minimum atomic E-state index is -4.43. The number of hydrogen-bond acceptors (Lipinski definition) is 4. The molecule has 0 spiro atoms. The zero-order chi connectivity index (χ0) is 19.7. The molecule has 146 valence electrons. The summed E-state index contributed by atoms with van der Waals surface area (Å²) in [6.45, 7) is 8.01. The zero-order valence-electron chi connectivity index (χ0n) is 15.4. The molecule has 0 aromatic carbocycles. The molecule has 2 unspecified atom stereocenters. The van der Waals surface area contributed by atoms with Gasteiger partial charge in [-0.05, 0) is 50.3 Å². The summed E-state index contributed by atoms with van der Waals surface area (Å²) in [5.74, 6) is 0.471. The SMILES string of the molecule is C=C(NCC(N)C(F)(F)F)c1ccc(CCC=CC(C)CCN)c(C)n1. The lowest BCUT2D eigenvalue weighted by atomic mass is 10.0. The van der Waals surface area contributed by atoms with Gasteiger partial charge in [0.2, 0.25) is 0 Å². The second kappa shape index (κ2) is 10.3. The van der Waals surface area contributed by atoms with Gasteiger partial charge in [-0.15, -0.1) is 0 Å². The molecule has 0 amide bonds. The normalized spacial score (nSPS) is 14.4. The molecule has 0 aliphatic carbocycles. The third kappa shape index (κ3) is 7.58. The number of rotatable bonds is 10. The Kier molecular flexibility index (Phi) is 8.81. The Labute approximate surface area is 153 Å². The topological polar surface area (TPSA) is 77.0 Å². The Morgan fingerprint density at radius 2 is 2.08 bits per heavy atom. The van der Waals surface area contributed by atoms with Gasteiger partial charge in [0.25, 0.3) is 0 Å². The van der Waals surface area contributed by atoms with Crippen molar-refractivity contribution < 1.29 is 13.2 Å². The van der Waals surface area contributed by atoms with E-state index >= 15 is 0 Å². The van der Waals surface area contributed by atoms with E-state index in [1.165, 1.54) is 0 Å². The van der Waals surface area contributed by atoms with E-state index in [0.29, 0.717) is 23.9 Å². The van der Waals surface area contributed by atoms with Crippen molar-refractivity contribution in [2.24, 2.45) is 17.4 Å². The number of allylic oxidation sites excluding steroid dienone is 2. The summed E-state index contributed by atoms with van der Waals surface area (Å²) in [4.78, 5) is 4.43. The van der Waals surface area contributed by atoms with Crippen LogP contribution in [-0.4, -0.2) is 30.3 Å². The van der Waals surface area contributed by atoms with Crippen molar-refractivity contribution in [2.75, 3.05) is 13.1 Å². The van der Waals surface area contributed by atoms with Gasteiger partial charge in [0.15, 0.2) is 0 Å². The van der Waals surface area contributed by atoms with Crippen molar-refractivity contribution in [1.82, 2.24) is 10.3 Å². The van der Waals surface area contributed by atoms with E-state index in [2.05, 4.69) is 36.0 Å². The summed E-state index contributed by atoms with van der Waals surface area (Å²) in [6, 6.07) is 1.76. The highest BCUT2D eigenvalue weighted by Gasteiger charge is 2.36. The Hall–Kier alpha value is -1.86. The molecule has 0 saturated carbocycles. The summed E-state index contributed by atoms with van der Waals surface area (Å²) >= 11 is 0. The fourth-order valence-electron chi connectivity index (χ4n) is 2.39. The number of halogens is 3. The van der Waals surface area contributed by atoms with Gasteiger partial charge in [-0.3, -0.25) is 4.98 Å². The minimum Gasteiger partial charge on any atom is -0.382 e. The number of aryl methyl sites for hydroxylation is 2. The van der Waals surface area contributed by atoms with Crippen LogP contribution in [0.25, 0.3) is 5.70 Å². The molecule has 0 radical (unpaired) electrons. The molecule has 1 rings (SSSR count). The van der Waals surface area contributed by atoms with E-state index < -0.39 is 18.8 Å². The van der Waals surface area contributed by atoms with Crippen molar-refractivity contribution in [3.8, 4) is 0 Å². The molecule has 1 aromatic heterocycles. The van der Waals surface area contributed by atoms with Crippen LogP contribution in [0.4, 0.5) is 13.2 Å². The molecule has 0 fully saturated rings. The van der Waals surface area contributed by atoms with Crippen LogP contribution in [0.2, 0.25) is 0 Å². The van der Waals surface area contributed by atoms with E-state index in [1.54, 1.807) is 6.07 Å². The molecule has 26 heavy (non-hydrogen) atoms. The third-order valence-corrected chi connectivity index (χ3v) is 4.13. The maximum Gasteiger partial charge on any atom is 0.405 e. The first-order valence-corrected chi connectivity index (χ1v) is 8.73. The monoisotopic (exact) mass is 370 g/mol. The molecular weight excluding hydrogens is 341 g/mol. The number of pyridine rings is 1. The smallest absolute Gasteiger partial charge is 0.382 e. The lowest BCUT2D eigenvalue weighted by molar-refractivity contribution is -0.145. The van der Waals surface area contributed by atoms with E-state index in [4.69, 9.17) is 11.5 Å². The highest BCUT2D eigenvalue weighted by molar-refractivity contribution is 5.58. The van der Waals surface area contributed by atoms with Crippen LogP contribution in [0.3, 0.4) is 0 Å². The van der Waals surface area contributed by atoms with Crippen LogP contribution in [-0.2, 0) is 6.42 Å². The second-order valence-corrected chi connectivity index (χ2v) is 6.47. The molecule has 7 heteroatoms. The minimum absolute atomic E-state index is 0.329. The van der Waals surface area contributed by atoms with Gasteiger partial charge in [0.1, 0.15) is 6.04 Å². The number of nitrogens with one attached hydrogen (secondary N) is 1. The standard InChI is InChI=1S/C19H29F3N4/c1-13(10-11-23)6-4-5-7-16-8-9-17(26-14(16)2)15(3)25-12-18(24)19(20,21)22/h4,6,8-9,13,18,25H,3,5,7,10-12,23-24H2,1-2H3. The number of alkyl halides is 3. The Bertz CT molecular complexity index is 611. The van der Waals surface area contributed by atoms with Gasteiger partial charge >= 0.3 is 6.18 Å². The van der Waals surface area contributed by atoms with Crippen LogP contribution in [0.1, 0.15) is 36.7 Å². The molecule has 0 aliphatic heterocycles. The second-order valence-electron chi connectivity index (χ2n) is 6.47. The molecule has 0 saturated heterocycles. The maximum absolute atomic E-state index is 12.4. The lowest BCUT2D eigenvalue weighted by Crippen LogP contribution is -2.44. The van der Waals surface area contributed by atoms with E-state index in [0.717, 1.165) is 30.5 Å². The van der Waals surface area contributed by atoms with Crippen LogP contribution in [0, 0.1) is 12.8 Å². The molecule has 0 bridgehead atoms. The quantitative estimate of drug-likeness (QED) is 0.552. The van der Waals surface area contributed by atoms with Gasteiger partial charge in [-0.1, -0.05) is 31.7 Å². The van der Waals surface area contributed by atoms with E-state index in [9.17, 15) is 13.2 Å². The largest absolute Gasteiger partial charge is 0.405 e. The van der Waals surface area contributed by atoms with Crippen molar-refractivity contribution in [2.45, 2.75) is 45.3 Å². The number of nitrogens with two attached hydrogens (primary N) is 2. The summed E-state index contributed by atoms with van der Waals surface area (Å²) < 4.78 is 37.3. The molecule has 1 heterocycles. The average Bonchev–Trinajstić information content (AvgIpc) is 2.56. The number of aromatic nitrogens is 1. The van der Waals surface area contributed by atoms with Crippen molar-refractivity contribution >= 4 is 5.70 Å². The van der Waals surface area contributed by atoms with Gasteiger partial charge < -0.3 is 16.8 Å². The first kappa shape index (κ1) is 22.2. The molecular formula is C19H29F3N4. The Morgan fingerprint density at radius 3 is 2.65 bits per heavy atom. The van der Waals surface area contributed by atoms with Crippen molar-refractivity contribution in [3.05, 3.63) is 47.8 Å². The molecule has 2 atom stereocenters. The Balaban J connectivity index is 2.57. The summed E-state index contributed by atoms with van der Waals surface area (Å²) in [7, 11) is 0. The number of hydrogen-bond donors (Lipinski definition) is 3. The van der Waals surface area contributed by atoms with Crippen molar-refractivity contribution in [1.29, 1.82) is 0 Å².